The number of carbonyl (C=O) groups excluding carboxylic acids is 1. The number of nitrogens with one attached hydrogen (secondary N) is 4. The summed E-state index contributed by atoms with van der Waals surface area (Å²) in [7, 11) is 0.917. The maximum Gasteiger partial charge on any atom is 0.307 e. The third kappa shape index (κ3) is 20.0. The van der Waals surface area contributed by atoms with Crippen LogP contribution in [0.15, 0.2) is 152 Å². The third-order valence-corrected chi connectivity index (χ3v) is 18.8. The maximum atomic E-state index is 14.2. The number of ketones is 1. The summed E-state index contributed by atoms with van der Waals surface area (Å²) < 4.78 is 163. The minimum atomic E-state index is -0.864. The van der Waals surface area contributed by atoms with Crippen LogP contribution in [0.25, 0.3) is 88.6 Å². The molecule has 0 saturated heterocycles. The number of halogens is 12. The molecule has 4 fully saturated rings. The predicted octanol–water partition coefficient (Wildman–Crippen LogP) is 19.5. The Kier molecular flexibility index (Phi) is 29.3. The molecule has 8 aromatic carbocycles. The number of rotatable bonds is 11. The Morgan fingerprint density at radius 3 is 0.882 bits per heavy atom. The summed E-state index contributed by atoms with van der Waals surface area (Å²) in [6.45, 7) is 1.65. The van der Waals surface area contributed by atoms with Gasteiger partial charge in [0.1, 0.15) is 75.6 Å². The number of fused-ring (bicyclic) bond motifs is 4. The summed E-state index contributed by atoms with van der Waals surface area (Å²) in [5.74, 6) is -10.2. The summed E-state index contributed by atoms with van der Waals surface area (Å²) in [6.07, 6.45) is 7.56. The van der Waals surface area contributed by atoms with E-state index >= 15 is 0 Å². The standard InChI is InChI=1S/3C19H14F3NO2.C14H8F3N.C5H6O3.C3H4.S3.S2.H2S/c3*20-12-3-1-9(2-4-12)17-16(10-5-11(6-10)19(24)25)14-7-13(21)8-15(22)18(14)23-17;15-10-3-1-8(2-4-10)13-6-9-5-11(16)7-12(17)14(9)18-13;6-4-1-3(2-4)5(7)8;2*1-3-2;1-2;/h3*1-4,7-8,10-11,23H,5-6H2,(H,24,25);1-7,18H;3H,1-2H2,(H,7,8);1H,2H3;;;1H2. The van der Waals surface area contributed by atoms with E-state index in [1.165, 1.54) is 72.8 Å². The van der Waals surface area contributed by atoms with Gasteiger partial charge in [-0.3, -0.25) is 24.0 Å². The van der Waals surface area contributed by atoms with E-state index < -0.39 is 106 Å². The number of benzene rings is 8. The van der Waals surface area contributed by atoms with Crippen LogP contribution < -0.4 is 0 Å². The van der Waals surface area contributed by atoms with Gasteiger partial charge in [-0.2, -0.15) is 13.5 Å². The van der Waals surface area contributed by atoms with E-state index in [4.69, 9.17) is 20.4 Å². The lowest BCUT2D eigenvalue weighted by molar-refractivity contribution is -0.150. The Bertz CT molecular complexity index is 5070. The Morgan fingerprint density at radius 2 is 0.636 bits per heavy atom. The lowest BCUT2D eigenvalue weighted by Gasteiger charge is -2.33. The molecule has 0 bridgehead atoms. The SMILES string of the molecule is C#CC.Fc1ccc(-c2cc3cc(F)cc(F)c3[nH]2)cc1.O=C(O)C1CC(c2c(-c3ccc(F)cc3)[nH]c3c(F)cc(F)cc23)C1.O=C(O)C1CC(c2c(-c3ccc(F)cc3)[nH]c3c(F)cc(F)cc23)C1.O=C(O)C1CC(c2c(-c3ccc(F)cc3)[nH]c3c(F)cc(F)cc23)C1.O=C1CC(C(=O)O)C1.S.S=S.S=S=S. The minimum absolute atomic E-state index is 0. The molecule has 0 spiro atoms. The molecule has 4 heterocycles. The van der Waals surface area contributed by atoms with Crippen LogP contribution >= 0.6 is 13.5 Å². The third-order valence-electron chi connectivity index (χ3n) is 18.8. The molecule has 110 heavy (non-hydrogen) atoms. The quantitative estimate of drug-likeness (QED) is 0.0446. The zero-order chi connectivity index (χ0) is 79.4. The van der Waals surface area contributed by atoms with E-state index in [-0.39, 0.29) is 83.7 Å². The number of terminal acetylenes is 1. The van der Waals surface area contributed by atoms with E-state index in [1.54, 1.807) is 61.5 Å². The first-order valence-electron chi connectivity index (χ1n) is 32.9. The van der Waals surface area contributed by atoms with E-state index in [0.717, 1.165) is 33.1 Å². The predicted molar refractivity (Wildman–Crippen MR) is 411 cm³/mol. The molecule has 4 aromatic heterocycles. The number of carboxylic acids is 4. The molecule has 0 atom stereocenters. The van der Waals surface area contributed by atoms with Gasteiger partial charge < -0.3 is 40.4 Å². The van der Waals surface area contributed by atoms with E-state index in [2.05, 4.69) is 77.0 Å². The number of aliphatic carboxylic acids is 4. The lowest BCUT2D eigenvalue weighted by atomic mass is 9.70. The summed E-state index contributed by atoms with van der Waals surface area (Å²) in [5.41, 5.74) is 7.85. The van der Waals surface area contributed by atoms with Crippen LogP contribution in [0, 0.1) is 106 Å². The molecule has 0 unspecified atom stereocenters. The van der Waals surface area contributed by atoms with Gasteiger partial charge in [0.25, 0.3) is 0 Å². The molecule has 0 radical (unpaired) electrons. The van der Waals surface area contributed by atoms with Crippen LogP contribution in [-0.4, -0.2) is 70.0 Å². The second kappa shape index (κ2) is 37.8. The molecule has 4 aliphatic rings. The van der Waals surface area contributed by atoms with Gasteiger partial charge in [-0.25, -0.2) is 52.7 Å². The lowest BCUT2D eigenvalue weighted by Crippen LogP contribution is -2.29. The highest BCUT2D eigenvalue weighted by Crippen LogP contribution is 2.51. The maximum absolute atomic E-state index is 14.2. The Labute approximate surface area is 648 Å². The van der Waals surface area contributed by atoms with Crippen LogP contribution in [0.1, 0.15) is 92.7 Å². The van der Waals surface area contributed by atoms with Crippen LogP contribution in [0.4, 0.5) is 52.7 Å². The summed E-state index contributed by atoms with van der Waals surface area (Å²) in [6, 6.07) is 32.8. The van der Waals surface area contributed by atoms with E-state index in [1.807, 2.05) is 0 Å². The van der Waals surface area contributed by atoms with Crippen molar-refractivity contribution in [2.45, 2.75) is 76.0 Å². The highest BCUT2D eigenvalue weighted by Gasteiger charge is 2.41. The average molecular weight is 1630 g/mol. The summed E-state index contributed by atoms with van der Waals surface area (Å²) >= 11 is 15.6. The number of hydrogen-bond acceptors (Lipinski definition) is 9. The zero-order valence-corrected chi connectivity index (χ0v) is 62.2. The topological polar surface area (TPSA) is 229 Å². The number of carboxylic acid groups (broad SMARTS) is 4. The van der Waals surface area contributed by atoms with Gasteiger partial charge in [0.05, 0.1) is 62.8 Å². The van der Waals surface area contributed by atoms with Crippen molar-refractivity contribution in [3.05, 3.63) is 238 Å². The second-order valence-corrected chi connectivity index (χ2v) is 27.5. The van der Waals surface area contributed by atoms with Gasteiger partial charge in [-0.05, 0) is 230 Å². The normalized spacial score (nSPS) is 17.0. The molecule has 0 amide bonds. The first-order chi connectivity index (χ1) is 52.0. The van der Waals surface area contributed by atoms with Crippen molar-refractivity contribution >= 4 is 140 Å². The fourth-order valence-corrected chi connectivity index (χ4v) is 13.3. The molecule has 31 heteroatoms. The highest BCUT2D eigenvalue weighted by molar-refractivity contribution is 8.37. The largest absolute Gasteiger partial charge is 0.481 e. The van der Waals surface area contributed by atoms with Crippen LogP contribution in [0.5, 0.6) is 0 Å². The fourth-order valence-electron chi connectivity index (χ4n) is 13.3. The fraction of sp³-hybridized carbons (Fsp3) is 0.203. The Balaban J connectivity index is 0.000000173. The number of hydrogen-bond donors (Lipinski definition) is 8. The molecule has 13 nitrogen and oxygen atoms in total. The number of aromatic nitrogens is 4. The highest BCUT2D eigenvalue weighted by atomic mass is 33.1. The van der Waals surface area contributed by atoms with Crippen molar-refractivity contribution in [1.29, 1.82) is 0 Å². The first kappa shape index (κ1) is 85.3. The number of Topliss-reactive ketones (excluding diaryl/α,β-unsaturated/α-hetero) is 1. The van der Waals surface area contributed by atoms with Crippen molar-refractivity contribution in [3.8, 4) is 57.4 Å². The van der Waals surface area contributed by atoms with Gasteiger partial charge in [0, 0.05) is 118 Å². The molecule has 572 valence electrons. The van der Waals surface area contributed by atoms with Gasteiger partial charge in [0.2, 0.25) is 0 Å². The van der Waals surface area contributed by atoms with Crippen LogP contribution in [0.2, 0.25) is 0 Å². The molecule has 12 aromatic rings. The summed E-state index contributed by atoms with van der Waals surface area (Å²) in [4.78, 5) is 65.2. The van der Waals surface area contributed by atoms with Crippen molar-refractivity contribution in [2.24, 2.45) is 23.7 Å². The minimum Gasteiger partial charge on any atom is -0.481 e. The van der Waals surface area contributed by atoms with Gasteiger partial charge in [-0.1, -0.05) is 0 Å². The molecular formula is C79H62F12N4O9S6. The molecule has 0 aliphatic heterocycles. The van der Waals surface area contributed by atoms with Crippen molar-refractivity contribution in [2.75, 3.05) is 0 Å². The Hall–Kier alpha value is -10.4. The second-order valence-electron chi connectivity index (χ2n) is 25.7. The van der Waals surface area contributed by atoms with Gasteiger partial charge in [-0.15, -0.1) is 12.3 Å². The van der Waals surface area contributed by atoms with Gasteiger partial charge >= 0.3 is 23.9 Å². The van der Waals surface area contributed by atoms with E-state index in [9.17, 15) is 76.7 Å². The van der Waals surface area contributed by atoms with Crippen LogP contribution in [-0.2, 0) is 77.6 Å². The molecule has 4 saturated carbocycles. The summed E-state index contributed by atoms with van der Waals surface area (Å²) in [5, 5.41) is 37.2. The van der Waals surface area contributed by atoms with Crippen molar-refractivity contribution in [3.63, 3.8) is 0 Å². The molecule has 8 N–H and O–H groups in total. The van der Waals surface area contributed by atoms with Crippen molar-refractivity contribution < 1.29 is 97.1 Å². The smallest absolute Gasteiger partial charge is 0.307 e. The number of aromatic amines is 4. The zero-order valence-electron chi connectivity index (χ0n) is 57.1. The van der Waals surface area contributed by atoms with Crippen LogP contribution in [0.3, 0.4) is 0 Å². The molecular weight excluding hydrogens is 1570 g/mol. The van der Waals surface area contributed by atoms with E-state index in [0.29, 0.717) is 122 Å². The van der Waals surface area contributed by atoms with Gasteiger partial charge in [0.15, 0.2) is 0 Å². The Morgan fingerprint density at radius 1 is 0.391 bits per heavy atom. The monoisotopic (exact) mass is 1630 g/mol. The molecule has 4 aliphatic carbocycles. The van der Waals surface area contributed by atoms with Crippen molar-refractivity contribution in [1.82, 2.24) is 19.9 Å². The average Bonchev–Trinajstić information content (AvgIpc) is 1.60. The molecule has 16 rings (SSSR count). The number of H-pyrrole nitrogens is 4. The number of carbonyl (C=O) groups is 5. The first-order valence-corrected chi connectivity index (χ1v) is 36.9.